The number of anilines is 1. The number of hydrogen-bond donors (Lipinski definition) is 2. The van der Waals surface area contributed by atoms with Gasteiger partial charge in [0.1, 0.15) is 11.3 Å². The summed E-state index contributed by atoms with van der Waals surface area (Å²) < 4.78 is 5.45. The maximum atomic E-state index is 12.7. The van der Waals surface area contributed by atoms with E-state index in [0.717, 1.165) is 50.5 Å². The van der Waals surface area contributed by atoms with Crippen molar-refractivity contribution in [3.05, 3.63) is 24.3 Å². The van der Waals surface area contributed by atoms with E-state index in [9.17, 15) is 14.7 Å². The quantitative estimate of drug-likeness (QED) is 0.692. The van der Waals surface area contributed by atoms with Crippen molar-refractivity contribution in [2.45, 2.75) is 37.3 Å². The average molecular weight is 402 g/mol. The summed E-state index contributed by atoms with van der Waals surface area (Å²) in [7, 11) is 1.68. The molecule has 0 radical (unpaired) electrons. The Labute approximate surface area is 171 Å². The number of imide groups is 1. The number of ether oxygens (including phenoxy) is 1. The molecular weight excluding hydrogens is 372 g/mol. The van der Waals surface area contributed by atoms with Crippen molar-refractivity contribution in [1.29, 1.82) is 0 Å². The number of amides is 3. The van der Waals surface area contributed by atoms with E-state index in [1.165, 1.54) is 4.90 Å². The lowest BCUT2D eigenvalue weighted by molar-refractivity contribution is -0.132. The molecular formula is C21H30N4O4. The fraction of sp³-hybridized carbons (Fsp3) is 0.619. The number of piperazine rings is 1. The molecule has 1 spiro atoms. The fourth-order valence-corrected chi connectivity index (χ4v) is 4.79. The number of carbonyl (C=O) groups excluding carboxylic acids is 2. The SMILES string of the molecule is COc1ccccc1N1CCN(C[C@@H](O)CN2C(=O)NC3(CCCC3)C2=O)CC1. The van der Waals surface area contributed by atoms with Crippen LogP contribution in [0, 0.1) is 0 Å². The number of nitrogens with one attached hydrogen (secondary N) is 1. The Balaban J connectivity index is 1.28. The van der Waals surface area contributed by atoms with Gasteiger partial charge >= 0.3 is 6.03 Å². The van der Waals surface area contributed by atoms with E-state index in [2.05, 4.69) is 21.2 Å². The van der Waals surface area contributed by atoms with E-state index in [-0.39, 0.29) is 18.5 Å². The summed E-state index contributed by atoms with van der Waals surface area (Å²) in [5, 5.41) is 13.4. The van der Waals surface area contributed by atoms with E-state index in [1.807, 2.05) is 18.2 Å². The highest BCUT2D eigenvalue weighted by molar-refractivity contribution is 6.07. The molecule has 2 aliphatic heterocycles. The van der Waals surface area contributed by atoms with Crippen LogP contribution in [0.1, 0.15) is 25.7 Å². The smallest absolute Gasteiger partial charge is 0.325 e. The summed E-state index contributed by atoms with van der Waals surface area (Å²) in [4.78, 5) is 30.7. The van der Waals surface area contributed by atoms with Gasteiger partial charge in [0.15, 0.2) is 0 Å². The zero-order valence-corrected chi connectivity index (χ0v) is 17.0. The van der Waals surface area contributed by atoms with Crippen molar-refractivity contribution in [2.24, 2.45) is 0 Å². The van der Waals surface area contributed by atoms with Crippen LogP contribution in [0.15, 0.2) is 24.3 Å². The van der Waals surface area contributed by atoms with Gasteiger partial charge in [-0.2, -0.15) is 0 Å². The molecule has 3 amide bonds. The van der Waals surface area contributed by atoms with Crippen LogP contribution < -0.4 is 15.0 Å². The number of carbonyl (C=O) groups is 2. The zero-order chi connectivity index (χ0) is 20.4. The third-order valence-electron chi connectivity index (χ3n) is 6.36. The minimum absolute atomic E-state index is 0.0547. The molecule has 8 nitrogen and oxygen atoms in total. The molecule has 1 saturated carbocycles. The molecule has 8 heteroatoms. The van der Waals surface area contributed by atoms with Crippen LogP contribution in [0.3, 0.4) is 0 Å². The number of para-hydroxylation sites is 2. The van der Waals surface area contributed by atoms with Crippen LogP contribution in [0.2, 0.25) is 0 Å². The van der Waals surface area contributed by atoms with Gasteiger partial charge < -0.3 is 20.1 Å². The highest BCUT2D eigenvalue weighted by Gasteiger charge is 2.52. The first-order chi connectivity index (χ1) is 14.0. The third-order valence-corrected chi connectivity index (χ3v) is 6.36. The van der Waals surface area contributed by atoms with Crippen molar-refractivity contribution in [2.75, 3.05) is 51.3 Å². The molecule has 1 atom stereocenters. The maximum Gasteiger partial charge on any atom is 0.325 e. The normalized spacial score (nSPS) is 23.0. The molecule has 0 unspecified atom stereocenters. The topological polar surface area (TPSA) is 85.3 Å². The van der Waals surface area contributed by atoms with Gasteiger partial charge in [0, 0.05) is 32.7 Å². The van der Waals surface area contributed by atoms with E-state index >= 15 is 0 Å². The monoisotopic (exact) mass is 402 g/mol. The Morgan fingerprint density at radius 2 is 1.79 bits per heavy atom. The summed E-state index contributed by atoms with van der Waals surface area (Å²) in [5.41, 5.74) is 0.369. The first kappa shape index (κ1) is 20.0. The van der Waals surface area contributed by atoms with Gasteiger partial charge in [0.2, 0.25) is 0 Å². The number of rotatable bonds is 6. The minimum atomic E-state index is -0.751. The molecule has 3 aliphatic rings. The van der Waals surface area contributed by atoms with E-state index in [4.69, 9.17) is 4.74 Å². The first-order valence-corrected chi connectivity index (χ1v) is 10.4. The number of aliphatic hydroxyl groups excluding tert-OH is 1. The lowest BCUT2D eigenvalue weighted by Crippen LogP contribution is -2.51. The van der Waals surface area contributed by atoms with Gasteiger partial charge in [0.25, 0.3) is 5.91 Å². The number of hydrogen-bond acceptors (Lipinski definition) is 6. The molecule has 1 aliphatic carbocycles. The van der Waals surface area contributed by atoms with E-state index in [1.54, 1.807) is 7.11 Å². The van der Waals surface area contributed by atoms with Crippen molar-refractivity contribution in [1.82, 2.24) is 15.1 Å². The van der Waals surface area contributed by atoms with Crippen molar-refractivity contribution >= 4 is 17.6 Å². The molecule has 0 aromatic heterocycles. The predicted molar refractivity (Wildman–Crippen MR) is 109 cm³/mol. The minimum Gasteiger partial charge on any atom is -0.495 e. The number of methoxy groups -OCH3 is 1. The van der Waals surface area contributed by atoms with E-state index in [0.29, 0.717) is 19.4 Å². The van der Waals surface area contributed by atoms with Gasteiger partial charge in [-0.3, -0.25) is 14.6 Å². The summed E-state index contributed by atoms with van der Waals surface area (Å²) in [6, 6.07) is 7.61. The van der Waals surface area contributed by atoms with E-state index < -0.39 is 11.6 Å². The molecule has 4 rings (SSSR count). The lowest BCUT2D eigenvalue weighted by Gasteiger charge is -2.37. The van der Waals surface area contributed by atoms with Crippen molar-refractivity contribution in [3.8, 4) is 5.75 Å². The van der Waals surface area contributed by atoms with Crippen molar-refractivity contribution in [3.63, 3.8) is 0 Å². The largest absolute Gasteiger partial charge is 0.495 e. The highest BCUT2D eigenvalue weighted by atomic mass is 16.5. The standard InChI is InChI=1S/C21H30N4O4/c1-29-18-7-3-2-6-17(18)24-12-10-23(11-13-24)14-16(26)15-25-19(27)21(22-20(25)28)8-4-5-9-21/h2-3,6-7,16,26H,4-5,8-15H2,1H3,(H,22,28)/t16-/m1/s1. The average Bonchev–Trinajstić information content (AvgIpc) is 3.29. The molecule has 1 aromatic rings. The Morgan fingerprint density at radius 1 is 1.10 bits per heavy atom. The molecule has 158 valence electrons. The Kier molecular flexibility index (Phi) is 5.65. The second-order valence-corrected chi connectivity index (χ2v) is 8.25. The summed E-state index contributed by atoms with van der Waals surface area (Å²) in [5.74, 6) is 0.695. The Hall–Kier alpha value is -2.32. The van der Waals surface area contributed by atoms with Gasteiger partial charge in [0.05, 0.1) is 25.4 Å². The second kappa shape index (κ2) is 8.20. The van der Waals surface area contributed by atoms with Gasteiger partial charge in [-0.1, -0.05) is 25.0 Å². The molecule has 3 fully saturated rings. The number of nitrogens with zero attached hydrogens (tertiary/aromatic N) is 3. The zero-order valence-electron chi connectivity index (χ0n) is 17.0. The summed E-state index contributed by atoms with van der Waals surface area (Å²) in [6.45, 7) is 3.78. The van der Waals surface area contributed by atoms with Crippen LogP contribution in [-0.4, -0.2) is 84.9 Å². The van der Waals surface area contributed by atoms with Crippen LogP contribution in [0.25, 0.3) is 0 Å². The predicted octanol–water partition coefficient (Wildman–Crippen LogP) is 1.04. The van der Waals surface area contributed by atoms with Crippen LogP contribution in [-0.2, 0) is 4.79 Å². The van der Waals surface area contributed by atoms with Gasteiger partial charge in [-0.25, -0.2) is 4.79 Å². The first-order valence-electron chi connectivity index (χ1n) is 10.4. The number of benzene rings is 1. The molecule has 1 aromatic carbocycles. The second-order valence-electron chi connectivity index (χ2n) is 8.25. The molecule has 2 saturated heterocycles. The summed E-state index contributed by atoms with van der Waals surface area (Å²) >= 11 is 0. The fourth-order valence-electron chi connectivity index (χ4n) is 4.79. The molecule has 0 bridgehead atoms. The molecule has 2 heterocycles. The molecule has 29 heavy (non-hydrogen) atoms. The highest BCUT2D eigenvalue weighted by Crippen LogP contribution is 2.35. The van der Waals surface area contributed by atoms with Gasteiger partial charge in [-0.15, -0.1) is 0 Å². The maximum absolute atomic E-state index is 12.7. The number of urea groups is 1. The lowest BCUT2D eigenvalue weighted by atomic mass is 9.98. The molecule has 2 N–H and O–H groups in total. The van der Waals surface area contributed by atoms with Crippen LogP contribution in [0.5, 0.6) is 5.75 Å². The van der Waals surface area contributed by atoms with Crippen LogP contribution >= 0.6 is 0 Å². The van der Waals surface area contributed by atoms with Crippen LogP contribution in [0.4, 0.5) is 10.5 Å². The Morgan fingerprint density at radius 3 is 2.48 bits per heavy atom. The Bertz CT molecular complexity index is 757. The summed E-state index contributed by atoms with van der Waals surface area (Å²) in [6.07, 6.45) is 2.57. The third kappa shape index (κ3) is 3.91. The number of β-amino-alcohol motifs (C(OH)–C–C–N with tert-alkyl or cyclic N) is 1. The van der Waals surface area contributed by atoms with Crippen molar-refractivity contribution < 1.29 is 19.4 Å². The van der Waals surface area contributed by atoms with Gasteiger partial charge in [-0.05, 0) is 25.0 Å². The number of aliphatic hydroxyl groups is 1.